The molecule has 0 N–H and O–H groups in total. The molecule has 0 rings (SSSR count). The van der Waals surface area contributed by atoms with Crippen LogP contribution in [-0.2, 0) is 44.3 Å². The van der Waals surface area contributed by atoms with Gasteiger partial charge in [0, 0.05) is 0 Å². The predicted molar refractivity (Wildman–Crippen MR) is 233 cm³/mol. The van der Waals surface area contributed by atoms with E-state index < -0.39 is 0 Å². The number of hydrogen-bond donors (Lipinski definition) is 0. The van der Waals surface area contributed by atoms with E-state index in [0.717, 1.165) is 25.7 Å². The first-order chi connectivity index (χ1) is 24.2. The molecule has 0 aliphatic heterocycles. The van der Waals surface area contributed by atoms with Gasteiger partial charge in [-0.2, -0.15) is 0 Å². The molecule has 0 bridgehead atoms. The number of hydrogen-bond acceptors (Lipinski definition) is 6. The first kappa shape index (κ1) is 60.7. The van der Waals surface area contributed by atoms with Crippen LogP contribution in [0.5, 0.6) is 0 Å². The molecule has 4 radical (unpaired) electrons. The van der Waals surface area contributed by atoms with Crippen molar-refractivity contribution in [2.45, 2.75) is 221 Å². The van der Waals surface area contributed by atoms with E-state index in [1.54, 1.807) is 0 Å². The Kier molecular flexibility index (Phi) is 68.0. The van der Waals surface area contributed by atoms with Gasteiger partial charge in [-0.1, -0.05) is 234 Å². The van der Waals surface area contributed by atoms with E-state index in [9.17, 15) is 9.59 Å². The Morgan fingerprint density at radius 2 is 0.706 bits per heavy atom. The number of rotatable bonds is 32. The second kappa shape index (κ2) is 57.2. The van der Waals surface area contributed by atoms with Gasteiger partial charge in [-0.25, -0.2) is 0 Å². The van der Waals surface area contributed by atoms with Crippen molar-refractivity contribution in [3.63, 3.8) is 0 Å². The van der Waals surface area contributed by atoms with Crippen molar-refractivity contribution in [3.8, 4) is 0 Å². The fourth-order valence-electron chi connectivity index (χ4n) is 5.20. The summed E-state index contributed by atoms with van der Waals surface area (Å²) in [5.74, 6) is 0.915. The molecule has 0 aliphatic rings. The molecular formula is C44H88O4S2Sn. The maximum absolute atomic E-state index is 10.7. The molecule has 2 unspecified atom stereocenters. The Morgan fingerprint density at radius 3 is 0.941 bits per heavy atom. The molecule has 0 saturated carbocycles. The molecule has 0 aromatic rings. The minimum absolute atomic E-state index is 0. The van der Waals surface area contributed by atoms with Crippen LogP contribution in [-0.4, -0.2) is 60.6 Å². The zero-order valence-electron chi connectivity index (χ0n) is 35.1. The average molecular weight is 864 g/mol. The third-order valence-corrected chi connectivity index (χ3v) is 9.26. The zero-order valence-corrected chi connectivity index (χ0v) is 39.6. The summed E-state index contributed by atoms with van der Waals surface area (Å²) in [4.78, 5) is 21.4. The molecule has 0 aromatic carbocycles. The second-order valence-electron chi connectivity index (χ2n) is 14.2. The van der Waals surface area contributed by atoms with Gasteiger partial charge in [0.15, 0.2) is 0 Å². The van der Waals surface area contributed by atoms with Gasteiger partial charge in [0.2, 0.25) is 0 Å². The SMILES string of the molecule is CCCCC(C)CCOC(=O)C[S-].CCCCC(C)CCOC(=O)C[S-].[CH2]CCCCCCCCCCC.[CH2]CCCCCCCCCCC.[Sn+2]. The molecule has 51 heavy (non-hydrogen) atoms. The van der Waals surface area contributed by atoms with Gasteiger partial charge in [0.25, 0.3) is 11.9 Å². The van der Waals surface area contributed by atoms with Crippen molar-refractivity contribution in [3.05, 3.63) is 13.8 Å². The van der Waals surface area contributed by atoms with Crippen molar-refractivity contribution >= 4 is 61.1 Å². The van der Waals surface area contributed by atoms with Gasteiger partial charge in [0.1, 0.15) is 0 Å². The topological polar surface area (TPSA) is 52.6 Å². The predicted octanol–water partition coefficient (Wildman–Crippen LogP) is 13.7. The summed E-state index contributed by atoms with van der Waals surface area (Å²) in [6, 6.07) is 0. The van der Waals surface area contributed by atoms with E-state index in [-0.39, 0.29) is 47.4 Å². The quantitative estimate of drug-likeness (QED) is 0.0291. The number of ether oxygens (including phenoxy) is 2. The molecule has 0 amide bonds. The third kappa shape index (κ3) is 65.7. The van der Waals surface area contributed by atoms with Gasteiger partial charge in [-0.15, -0.1) is 0 Å². The summed E-state index contributed by atoms with van der Waals surface area (Å²) in [5, 5.41) is 0. The van der Waals surface area contributed by atoms with E-state index in [1.165, 1.54) is 154 Å². The molecule has 0 spiro atoms. The minimum atomic E-state index is -0.266. The third-order valence-electron chi connectivity index (χ3n) is 8.79. The van der Waals surface area contributed by atoms with E-state index in [0.29, 0.717) is 25.0 Å². The first-order valence-electron chi connectivity index (χ1n) is 21.3. The van der Waals surface area contributed by atoms with E-state index in [4.69, 9.17) is 9.47 Å². The van der Waals surface area contributed by atoms with Crippen LogP contribution in [0.2, 0.25) is 0 Å². The van der Waals surface area contributed by atoms with E-state index >= 15 is 0 Å². The fourth-order valence-corrected chi connectivity index (χ4v) is 5.37. The minimum Gasteiger partial charge on any atom is -0.782 e. The summed E-state index contributed by atoms with van der Waals surface area (Å²) in [5.41, 5.74) is 0. The summed E-state index contributed by atoms with van der Waals surface area (Å²) >= 11 is 9.10. The number of carbonyl (C=O) groups is 2. The summed E-state index contributed by atoms with van der Waals surface area (Å²) in [6.45, 7) is 22.0. The molecule has 0 saturated heterocycles. The summed E-state index contributed by atoms with van der Waals surface area (Å²) in [6.07, 6.45) is 37.1. The Bertz CT molecular complexity index is 552. The molecule has 0 aliphatic carbocycles. The van der Waals surface area contributed by atoms with Crippen molar-refractivity contribution in [2.24, 2.45) is 11.8 Å². The molecule has 2 atom stereocenters. The molecule has 0 fully saturated rings. The van der Waals surface area contributed by atoms with Crippen molar-refractivity contribution < 1.29 is 19.1 Å². The number of carbonyl (C=O) groups excluding carboxylic acids is 2. The van der Waals surface area contributed by atoms with Gasteiger partial charge in [-0.05, 0) is 24.7 Å². The van der Waals surface area contributed by atoms with Gasteiger partial charge in [-0.3, -0.25) is 9.59 Å². The average Bonchev–Trinajstić information content (AvgIpc) is 3.12. The van der Waals surface area contributed by atoms with Crippen LogP contribution < -0.4 is 0 Å². The molecule has 0 aromatic heterocycles. The van der Waals surface area contributed by atoms with E-state index in [1.807, 2.05) is 0 Å². The van der Waals surface area contributed by atoms with Crippen LogP contribution in [0.1, 0.15) is 221 Å². The monoisotopic (exact) mass is 865 g/mol. The number of esters is 2. The summed E-state index contributed by atoms with van der Waals surface area (Å²) in [7, 11) is 0. The standard InChI is InChI=1S/2C12H25.2C10H20O2S.Sn/c2*1-3-5-7-9-11-12-10-8-6-4-2;2*1-3-4-5-9(2)6-7-12-10(11)8-13;/h2*1,3-12H2,2H3;2*9,13H,3-8H2,1-2H3;/q;;;;+2/p-2. The Morgan fingerprint density at radius 1 is 0.451 bits per heavy atom. The molecule has 0 heterocycles. The molecule has 7 heteroatoms. The largest absolute Gasteiger partial charge is 2.00 e. The number of unbranched alkanes of at least 4 members (excludes halogenated alkanes) is 20. The fraction of sp³-hybridized carbons (Fsp3) is 0.909. The van der Waals surface area contributed by atoms with Crippen LogP contribution in [0, 0.1) is 25.7 Å². The normalized spacial score (nSPS) is 11.3. The van der Waals surface area contributed by atoms with Gasteiger partial charge < -0.3 is 34.7 Å². The van der Waals surface area contributed by atoms with Gasteiger partial charge >= 0.3 is 23.9 Å². The Balaban J connectivity index is -0.000000183. The molecule has 304 valence electrons. The smallest absolute Gasteiger partial charge is 0.782 e. The Labute approximate surface area is 349 Å². The summed E-state index contributed by atoms with van der Waals surface area (Å²) < 4.78 is 9.80. The molecule has 4 nitrogen and oxygen atoms in total. The van der Waals surface area contributed by atoms with Crippen LogP contribution in [0.4, 0.5) is 0 Å². The molecular weight excluding hydrogens is 775 g/mol. The maximum Gasteiger partial charge on any atom is 2.00 e. The van der Waals surface area contributed by atoms with Gasteiger partial charge in [0.05, 0.1) is 13.2 Å². The van der Waals surface area contributed by atoms with E-state index in [2.05, 4.69) is 80.6 Å². The second-order valence-corrected chi connectivity index (χ2v) is 14.7. The van der Waals surface area contributed by atoms with Crippen molar-refractivity contribution in [1.29, 1.82) is 0 Å². The van der Waals surface area contributed by atoms with Crippen LogP contribution in [0.15, 0.2) is 0 Å². The Hall–Kier alpha value is 0.439. The first-order valence-corrected chi connectivity index (χ1v) is 22.4. The zero-order chi connectivity index (χ0) is 38.4. The van der Waals surface area contributed by atoms with Crippen LogP contribution >= 0.6 is 0 Å². The van der Waals surface area contributed by atoms with Crippen molar-refractivity contribution in [1.82, 2.24) is 0 Å². The van der Waals surface area contributed by atoms with Crippen molar-refractivity contribution in [2.75, 3.05) is 24.7 Å². The van der Waals surface area contributed by atoms with Crippen LogP contribution in [0.3, 0.4) is 0 Å². The maximum atomic E-state index is 10.7. The van der Waals surface area contributed by atoms with Crippen LogP contribution in [0.25, 0.3) is 0 Å².